The average molecular weight is 470 g/mol. The molecule has 0 N–H and O–H groups in total. The minimum atomic E-state index is -0.936. The Balaban J connectivity index is 1.98. The number of rotatable bonds is 4. The summed E-state index contributed by atoms with van der Waals surface area (Å²) in [5.41, 5.74) is -0.345. The molecule has 0 bridgehead atoms. The summed E-state index contributed by atoms with van der Waals surface area (Å²) < 4.78 is 49.6. The molecule has 34 heavy (non-hydrogen) atoms. The smallest absolute Gasteiger partial charge is 0.343 e. The van der Waals surface area contributed by atoms with Crippen LogP contribution in [0.1, 0.15) is 36.2 Å². The van der Waals surface area contributed by atoms with Gasteiger partial charge in [-0.15, -0.1) is 0 Å². The van der Waals surface area contributed by atoms with Crippen molar-refractivity contribution < 1.29 is 27.5 Å². The maximum absolute atomic E-state index is 15.2. The van der Waals surface area contributed by atoms with Crippen molar-refractivity contribution in [3.05, 3.63) is 81.4 Å². The zero-order valence-corrected chi connectivity index (χ0v) is 18.5. The van der Waals surface area contributed by atoms with E-state index >= 15 is 4.39 Å². The van der Waals surface area contributed by atoms with Gasteiger partial charge in [-0.05, 0) is 43.2 Å². The summed E-state index contributed by atoms with van der Waals surface area (Å²) in [7, 11) is 0. The number of hydrogen-bond donors (Lipinski definition) is 0. The Morgan fingerprint density at radius 3 is 2.47 bits per heavy atom. The highest BCUT2D eigenvalue weighted by atomic mass is 19.1. The van der Waals surface area contributed by atoms with E-state index in [0.717, 1.165) is 24.4 Å². The lowest BCUT2D eigenvalue weighted by Gasteiger charge is -2.26. The third kappa shape index (κ3) is 4.21. The van der Waals surface area contributed by atoms with Crippen LogP contribution in [-0.4, -0.2) is 41.0 Å². The van der Waals surface area contributed by atoms with Crippen molar-refractivity contribution in [1.82, 2.24) is 9.47 Å². The van der Waals surface area contributed by atoms with E-state index in [9.17, 15) is 23.2 Å². The highest BCUT2D eigenvalue weighted by Gasteiger charge is 2.23. The Morgan fingerprint density at radius 1 is 1.09 bits per heavy atom. The van der Waals surface area contributed by atoms with E-state index in [1.54, 1.807) is 17.9 Å². The summed E-state index contributed by atoms with van der Waals surface area (Å²) in [4.78, 5) is 38.6. The van der Waals surface area contributed by atoms with Gasteiger partial charge >= 0.3 is 5.97 Å². The van der Waals surface area contributed by atoms with Gasteiger partial charge in [-0.3, -0.25) is 9.59 Å². The van der Waals surface area contributed by atoms with Crippen molar-refractivity contribution in [2.45, 2.75) is 20.3 Å². The fourth-order valence-corrected chi connectivity index (χ4v) is 4.02. The minimum absolute atomic E-state index is 0.0000456. The summed E-state index contributed by atoms with van der Waals surface area (Å²) in [6.45, 7) is 3.73. The van der Waals surface area contributed by atoms with Gasteiger partial charge < -0.3 is 14.2 Å². The van der Waals surface area contributed by atoms with E-state index in [1.807, 2.05) is 0 Å². The third-order valence-corrected chi connectivity index (χ3v) is 5.76. The number of hydrogen-bond acceptors (Lipinski definition) is 4. The van der Waals surface area contributed by atoms with Crippen molar-refractivity contribution in [1.29, 1.82) is 0 Å². The highest BCUT2D eigenvalue weighted by molar-refractivity contribution is 5.95. The zero-order chi connectivity index (χ0) is 24.6. The molecule has 0 aliphatic carbocycles. The molecule has 1 aromatic heterocycles. The van der Waals surface area contributed by atoms with Crippen LogP contribution in [0.5, 0.6) is 0 Å². The molecule has 0 saturated heterocycles. The monoisotopic (exact) mass is 470 g/mol. The number of esters is 1. The van der Waals surface area contributed by atoms with Crippen LogP contribution in [0.2, 0.25) is 0 Å². The molecule has 0 spiro atoms. The molecular weight excluding hydrogens is 449 g/mol. The van der Waals surface area contributed by atoms with E-state index in [0.29, 0.717) is 31.1 Å². The van der Waals surface area contributed by atoms with Gasteiger partial charge in [0.05, 0.1) is 17.8 Å². The SMILES string of the molecule is CCOC(=O)c1cn(-c2ccc(F)cc2F)c2cc(C3=CCN(C(C)=O)CC3)c(F)cc2c1=O. The second kappa shape index (κ2) is 9.17. The molecule has 6 nitrogen and oxygen atoms in total. The lowest BCUT2D eigenvalue weighted by atomic mass is 9.96. The van der Waals surface area contributed by atoms with Crippen LogP contribution in [0.25, 0.3) is 22.2 Å². The van der Waals surface area contributed by atoms with Crippen LogP contribution in [0, 0.1) is 17.5 Å². The standard InChI is InChI=1S/C25H21F3N2O4/c1-3-34-25(33)19-13-30(22-5-4-16(26)10-21(22)28)23-12-17(20(27)11-18(23)24(19)32)15-6-8-29(9-7-15)14(2)31/h4-6,10-13H,3,7-9H2,1-2H3. The van der Waals surface area contributed by atoms with Gasteiger partial charge in [-0.1, -0.05) is 6.08 Å². The third-order valence-electron chi connectivity index (χ3n) is 5.76. The number of pyridine rings is 1. The van der Waals surface area contributed by atoms with Gasteiger partial charge in [0.1, 0.15) is 23.0 Å². The van der Waals surface area contributed by atoms with E-state index < -0.39 is 34.4 Å². The molecule has 0 atom stereocenters. The van der Waals surface area contributed by atoms with Crippen molar-refractivity contribution >= 4 is 28.4 Å². The first kappa shape index (κ1) is 23.3. The normalized spacial score (nSPS) is 13.7. The van der Waals surface area contributed by atoms with Gasteiger partial charge in [-0.2, -0.15) is 0 Å². The predicted molar refractivity (Wildman–Crippen MR) is 120 cm³/mol. The zero-order valence-electron chi connectivity index (χ0n) is 18.5. The van der Waals surface area contributed by atoms with Gasteiger partial charge in [0, 0.05) is 43.2 Å². The van der Waals surface area contributed by atoms with Crippen molar-refractivity contribution in [3.63, 3.8) is 0 Å². The topological polar surface area (TPSA) is 68.6 Å². The van der Waals surface area contributed by atoms with Crippen molar-refractivity contribution in [3.8, 4) is 5.69 Å². The lowest BCUT2D eigenvalue weighted by Crippen LogP contribution is -2.32. The number of aromatic nitrogens is 1. The largest absolute Gasteiger partial charge is 0.462 e. The maximum atomic E-state index is 15.2. The molecular formula is C25H21F3N2O4. The Hall–Kier alpha value is -3.88. The summed E-state index contributed by atoms with van der Waals surface area (Å²) >= 11 is 0. The quantitative estimate of drug-likeness (QED) is 0.536. The highest BCUT2D eigenvalue weighted by Crippen LogP contribution is 2.30. The number of benzene rings is 2. The van der Waals surface area contributed by atoms with Crippen LogP contribution in [0.3, 0.4) is 0 Å². The predicted octanol–water partition coefficient (Wildman–Crippen LogP) is 4.22. The number of carbonyl (C=O) groups excluding carboxylic acids is 2. The Labute approximate surface area is 192 Å². The number of carbonyl (C=O) groups is 2. The minimum Gasteiger partial charge on any atom is -0.462 e. The van der Waals surface area contributed by atoms with Gasteiger partial charge in [0.15, 0.2) is 0 Å². The van der Waals surface area contributed by atoms with Gasteiger partial charge in [0.2, 0.25) is 11.3 Å². The molecule has 0 fully saturated rings. The van der Waals surface area contributed by atoms with E-state index in [-0.39, 0.29) is 34.7 Å². The molecule has 0 unspecified atom stereocenters. The Bertz CT molecular complexity index is 1410. The number of halogens is 3. The lowest BCUT2D eigenvalue weighted by molar-refractivity contribution is -0.128. The fourth-order valence-electron chi connectivity index (χ4n) is 4.02. The second-order valence-corrected chi connectivity index (χ2v) is 7.85. The maximum Gasteiger partial charge on any atom is 0.343 e. The summed E-state index contributed by atoms with van der Waals surface area (Å²) in [5.74, 6) is -3.46. The first-order valence-electron chi connectivity index (χ1n) is 10.7. The number of fused-ring (bicyclic) bond motifs is 1. The van der Waals surface area contributed by atoms with Crippen molar-refractivity contribution in [2.24, 2.45) is 0 Å². The molecule has 2 aromatic carbocycles. The summed E-state index contributed by atoms with van der Waals surface area (Å²) in [6, 6.07) is 5.28. The van der Waals surface area contributed by atoms with Gasteiger partial charge in [-0.25, -0.2) is 18.0 Å². The number of ether oxygens (including phenoxy) is 1. The first-order valence-corrected chi connectivity index (χ1v) is 10.7. The molecule has 4 rings (SSSR count). The fraction of sp³-hybridized carbons (Fsp3) is 0.240. The molecule has 0 saturated carbocycles. The van der Waals surface area contributed by atoms with E-state index in [1.165, 1.54) is 17.6 Å². The molecule has 9 heteroatoms. The number of amides is 1. The van der Waals surface area contributed by atoms with Gasteiger partial charge in [0.25, 0.3) is 0 Å². The van der Waals surface area contributed by atoms with Crippen LogP contribution in [0.15, 0.2) is 47.4 Å². The average Bonchev–Trinajstić information content (AvgIpc) is 2.80. The van der Waals surface area contributed by atoms with Crippen LogP contribution in [0.4, 0.5) is 13.2 Å². The Morgan fingerprint density at radius 2 is 1.85 bits per heavy atom. The Kier molecular flexibility index (Phi) is 6.28. The molecule has 3 aromatic rings. The van der Waals surface area contributed by atoms with Crippen LogP contribution >= 0.6 is 0 Å². The summed E-state index contributed by atoms with van der Waals surface area (Å²) in [6.07, 6.45) is 3.23. The molecule has 1 aliphatic heterocycles. The molecule has 1 aliphatic rings. The second-order valence-electron chi connectivity index (χ2n) is 7.85. The molecule has 2 heterocycles. The van der Waals surface area contributed by atoms with Crippen LogP contribution < -0.4 is 5.43 Å². The molecule has 1 amide bonds. The molecule has 0 radical (unpaired) electrons. The summed E-state index contributed by atoms with van der Waals surface area (Å²) in [5, 5.41) is -0.155. The van der Waals surface area contributed by atoms with E-state index in [4.69, 9.17) is 4.74 Å². The van der Waals surface area contributed by atoms with Crippen molar-refractivity contribution in [2.75, 3.05) is 19.7 Å². The van der Waals surface area contributed by atoms with E-state index in [2.05, 4.69) is 0 Å². The number of nitrogens with zero attached hydrogens (tertiary/aromatic N) is 2. The van der Waals surface area contributed by atoms with Crippen LogP contribution in [-0.2, 0) is 9.53 Å². The first-order chi connectivity index (χ1) is 16.2. The molecule has 176 valence electrons.